The molecule has 0 amide bonds. The summed E-state index contributed by atoms with van der Waals surface area (Å²) < 4.78 is 0. The predicted molar refractivity (Wildman–Crippen MR) is 57.2 cm³/mol. The molecule has 0 fully saturated rings. The smallest absolute Gasteiger partial charge is 0.303 e. The second-order valence-corrected chi connectivity index (χ2v) is 2.98. The van der Waals surface area contributed by atoms with Crippen LogP contribution >= 0.6 is 0 Å². The number of hydrogen-bond donors (Lipinski definition) is 3. The molecule has 0 heterocycles. The molecular weight excluding hydrogens is 212 g/mol. The quantitative estimate of drug-likeness (QED) is 0.726. The maximum atomic E-state index is 9.79. The first-order valence-corrected chi connectivity index (χ1v) is 4.70. The van der Waals surface area contributed by atoms with Gasteiger partial charge in [-0.25, -0.2) is 0 Å². The Hall–Kier alpha value is -2.04. The van der Waals surface area contributed by atoms with Crippen LogP contribution in [0.25, 0.3) is 0 Å². The van der Waals surface area contributed by atoms with Crippen LogP contribution in [0.3, 0.4) is 0 Å². The number of carboxylic acid groups (broad SMARTS) is 2. The summed E-state index contributed by atoms with van der Waals surface area (Å²) in [5.41, 5.74) is 0. The maximum Gasteiger partial charge on any atom is 0.303 e. The van der Waals surface area contributed by atoms with Crippen LogP contribution in [0, 0.1) is 0 Å². The Morgan fingerprint density at radius 1 is 0.938 bits per heavy atom. The Morgan fingerprint density at radius 3 is 1.62 bits per heavy atom. The number of rotatable bonds is 4. The highest BCUT2D eigenvalue weighted by atomic mass is 16.4. The van der Waals surface area contributed by atoms with Crippen molar-refractivity contribution >= 4 is 11.9 Å². The predicted octanol–water partition coefficient (Wildman–Crippen LogP) is 1.72. The first-order valence-electron chi connectivity index (χ1n) is 4.70. The van der Waals surface area contributed by atoms with Crippen molar-refractivity contribution in [1.29, 1.82) is 0 Å². The van der Waals surface area contributed by atoms with Gasteiger partial charge in [0.1, 0.15) is 5.75 Å². The molecular formula is C11H14O5. The summed E-state index contributed by atoms with van der Waals surface area (Å²) in [7, 11) is 0. The summed E-state index contributed by atoms with van der Waals surface area (Å²) in [5.74, 6) is -1.57. The second-order valence-electron chi connectivity index (χ2n) is 2.98. The molecule has 3 N–H and O–H groups in total. The van der Waals surface area contributed by atoms with E-state index in [2.05, 4.69) is 0 Å². The number of benzene rings is 1. The lowest BCUT2D eigenvalue weighted by atomic mass is 10.2. The average Bonchev–Trinajstić information content (AvgIpc) is 2.18. The Labute approximate surface area is 93.0 Å². The Kier molecular flexibility index (Phi) is 7.23. The van der Waals surface area contributed by atoms with Gasteiger partial charge in [0.05, 0.1) is 0 Å². The number of hydrogen-bond acceptors (Lipinski definition) is 3. The van der Waals surface area contributed by atoms with Gasteiger partial charge in [0, 0.05) is 12.8 Å². The van der Waals surface area contributed by atoms with Crippen molar-refractivity contribution in [2.24, 2.45) is 0 Å². The molecule has 1 aromatic carbocycles. The fraction of sp³-hybridized carbons (Fsp3) is 0.273. The van der Waals surface area contributed by atoms with Gasteiger partial charge in [0.25, 0.3) is 0 Å². The van der Waals surface area contributed by atoms with E-state index in [9.17, 15) is 9.59 Å². The molecule has 1 rings (SSSR count). The first-order chi connectivity index (χ1) is 7.52. The molecule has 88 valence electrons. The first kappa shape index (κ1) is 14.0. The molecule has 0 saturated heterocycles. The number of para-hydroxylation sites is 1. The Balaban J connectivity index is 0.000000288. The minimum atomic E-state index is -0.948. The van der Waals surface area contributed by atoms with Crippen LogP contribution in [0.1, 0.15) is 19.3 Å². The van der Waals surface area contributed by atoms with E-state index in [1.807, 2.05) is 6.07 Å². The third-order valence-electron chi connectivity index (χ3n) is 1.54. The largest absolute Gasteiger partial charge is 0.508 e. The molecule has 0 radical (unpaired) electrons. The van der Waals surface area contributed by atoms with Crippen LogP contribution < -0.4 is 0 Å². The molecule has 0 atom stereocenters. The van der Waals surface area contributed by atoms with Gasteiger partial charge in [-0.1, -0.05) is 18.2 Å². The summed E-state index contributed by atoms with van der Waals surface area (Å²) in [6.45, 7) is 0. The number of aromatic hydroxyl groups is 1. The van der Waals surface area contributed by atoms with Crippen molar-refractivity contribution in [1.82, 2.24) is 0 Å². The summed E-state index contributed by atoms with van der Waals surface area (Å²) in [6.07, 6.45) is 0.0866. The Bertz CT molecular complexity index is 306. The van der Waals surface area contributed by atoms with Gasteiger partial charge in [-0.15, -0.1) is 0 Å². The summed E-state index contributed by atoms with van der Waals surface area (Å²) in [4.78, 5) is 19.6. The lowest BCUT2D eigenvalue weighted by Gasteiger charge is -1.89. The van der Waals surface area contributed by atoms with E-state index in [4.69, 9.17) is 15.3 Å². The van der Waals surface area contributed by atoms with Gasteiger partial charge in [0.2, 0.25) is 0 Å². The normalized spacial score (nSPS) is 8.75. The van der Waals surface area contributed by atoms with E-state index in [0.29, 0.717) is 5.75 Å². The highest BCUT2D eigenvalue weighted by Gasteiger charge is 1.99. The molecule has 0 aromatic heterocycles. The fourth-order valence-corrected chi connectivity index (χ4v) is 0.819. The molecule has 0 unspecified atom stereocenters. The van der Waals surface area contributed by atoms with Crippen molar-refractivity contribution in [3.63, 3.8) is 0 Å². The van der Waals surface area contributed by atoms with Gasteiger partial charge in [0.15, 0.2) is 0 Å². The zero-order chi connectivity index (χ0) is 12.4. The highest BCUT2D eigenvalue weighted by molar-refractivity contribution is 5.69. The van der Waals surface area contributed by atoms with E-state index in [-0.39, 0.29) is 19.3 Å². The minimum absolute atomic E-state index is 0.0632. The summed E-state index contributed by atoms with van der Waals surface area (Å²) in [5, 5.41) is 24.7. The highest BCUT2D eigenvalue weighted by Crippen LogP contribution is 2.02. The van der Waals surface area contributed by atoms with Gasteiger partial charge in [-0.05, 0) is 18.6 Å². The maximum absolute atomic E-state index is 9.79. The van der Waals surface area contributed by atoms with Crippen molar-refractivity contribution in [3.05, 3.63) is 30.3 Å². The number of aliphatic carboxylic acids is 2. The molecule has 16 heavy (non-hydrogen) atoms. The van der Waals surface area contributed by atoms with E-state index in [0.717, 1.165) is 0 Å². The van der Waals surface area contributed by atoms with E-state index in [1.54, 1.807) is 24.3 Å². The minimum Gasteiger partial charge on any atom is -0.508 e. The van der Waals surface area contributed by atoms with Crippen LogP contribution in [0.4, 0.5) is 0 Å². The molecule has 0 aliphatic rings. The van der Waals surface area contributed by atoms with Gasteiger partial charge in [-0.3, -0.25) is 9.59 Å². The number of phenols is 1. The monoisotopic (exact) mass is 226 g/mol. The lowest BCUT2D eigenvalue weighted by molar-refractivity contribution is -0.138. The van der Waals surface area contributed by atoms with Crippen molar-refractivity contribution in [2.75, 3.05) is 0 Å². The summed E-state index contributed by atoms with van der Waals surface area (Å²) in [6, 6.07) is 8.71. The van der Waals surface area contributed by atoms with Crippen LogP contribution in [-0.4, -0.2) is 27.3 Å². The molecule has 0 bridgehead atoms. The molecule has 0 aliphatic heterocycles. The SMILES string of the molecule is O=C(O)CCCC(=O)O.Oc1ccccc1. The van der Waals surface area contributed by atoms with Crippen molar-refractivity contribution in [2.45, 2.75) is 19.3 Å². The Morgan fingerprint density at radius 2 is 1.38 bits per heavy atom. The van der Waals surface area contributed by atoms with Crippen LogP contribution in [0.5, 0.6) is 5.75 Å². The van der Waals surface area contributed by atoms with E-state index in [1.165, 1.54) is 0 Å². The standard InChI is InChI=1S/C6H6O.C5H8O4/c7-6-4-2-1-3-5-6;6-4(7)2-1-3-5(8)9/h1-5,7H;1-3H2,(H,6,7)(H,8,9). The lowest BCUT2D eigenvalue weighted by Crippen LogP contribution is -1.98. The molecule has 0 aliphatic carbocycles. The van der Waals surface area contributed by atoms with E-state index >= 15 is 0 Å². The molecule has 0 saturated carbocycles. The second kappa shape index (κ2) is 8.28. The molecule has 0 spiro atoms. The average molecular weight is 226 g/mol. The zero-order valence-corrected chi connectivity index (χ0v) is 8.67. The van der Waals surface area contributed by atoms with Gasteiger partial charge < -0.3 is 15.3 Å². The van der Waals surface area contributed by atoms with E-state index < -0.39 is 11.9 Å². The number of phenolic OH excluding ortho intramolecular Hbond substituents is 1. The number of carboxylic acids is 2. The van der Waals surface area contributed by atoms with Crippen molar-refractivity contribution < 1.29 is 24.9 Å². The van der Waals surface area contributed by atoms with Crippen molar-refractivity contribution in [3.8, 4) is 5.75 Å². The summed E-state index contributed by atoms with van der Waals surface area (Å²) >= 11 is 0. The topological polar surface area (TPSA) is 94.8 Å². The molecule has 5 nitrogen and oxygen atoms in total. The zero-order valence-electron chi connectivity index (χ0n) is 8.67. The molecule has 1 aromatic rings. The van der Waals surface area contributed by atoms with Crippen LogP contribution in [0.15, 0.2) is 30.3 Å². The fourth-order valence-electron chi connectivity index (χ4n) is 0.819. The third-order valence-corrected chi connectivity index (χ3v) is 1.54. The van der Waals surface area contributed by atoms with Gasteiger partial charge in [-0.2, -0.15) is 0 Å². The third kappa shape index (κ3) is 10.0. The molecule has 5 heteroatoms. The van der Waals surface area contributed by atoms with Crippen LogP contribution in [0.2, 0.25) is 0 Å². The van der Waals surface area contributed by atoms with Gasteiger partial charge >= 0.3 is 11.9 Å². The van der Waals surface area contributed by atoms with Crippen LogP contribution in [-0.2, 0) is 9.59 Å². The number of carbonyl (C=O) groups is 2.